The molecule has 0 aliphatic carbocycles. The summed E-state index contributed by atoms with van der Waals surface area (Å²) >= 11 is 6.63. The lowest BCUT2D eigenvalue weighted by molar-refractivity contribution is -0.141. The fourth-order valence-corrected chi connectivity index (χ4v) is 3.86. The highest BCUT2D eigenvalue weighted by Gasteiger charge is 2.40. The second-order valence-corrected chi connectivity index (χ2v) is 7.51. The van der Waals surface area contributed by atoms with Gasteiger partial charge in [-0.25, -0.2) is 4.99 Å². The number of hydrogen-bond acceptors (Lipinski definition) is 6. The molecule has 2 aliphatic rings. The van der Waals surface area contributed by atoms with Crippen molar-refractivity contribution in [1.29, 1.82) is 0 Å². The van der Waals surface area contributed by atoms with Crippen molar-refractivity contribution >= 4 is 35.1 Å². The topological polar surface area (TPSA) is 80.2 Å². The molecule has 30 heavy (non-hydrogen) atoms. The largest absolute Gasteiger partial charge is 0.492 e. The number of unbranched alkanes of at least 4 members (excludes halogenated alkanes) is 1. The first kappa shape index (κ1) is 20.2. The summed E-state index contributed by atoms with van der Waals surface area (Å²) in [6, 6.07) is 12.8. The molecule has 1 unspecified atom stereocenters. The number of nitrogens with zero attached hydrogens (tertiary/aromatic N) is 2. The molecule has 156 valence electrons. The van der Waals surface area contributed by atoms with Crippen LogP contribution in [0.3, 0.4) is 0 Å². The Balaban J connectivity index is 1.47. The molecule has 0 spiro atoms. The molecule has 0 saturated carbocycles. The maximum Gasteiger partial charge on any atom is 0.302 e. The fourth-order valence-electron chi connectivity index (χ4n) is 3.58. The van der Waals surface area contributed by atoms with Gasteiger partial charge < -0.3 is 14.4 Å². The molecule has 0 aromatic heterocycles. The number of ether oxygens (including phenoxy) is 2. The number of benzene rings is 2. The highest BCUT2D eigenvalue weighted by Crippen LogP contribution is 2.41. The van der Waals surface area contributed by atoms with Gasteiger partial charge in [-0.05, 0) is 30.5 Å². The molecule has 1 atom stereocenters. The van der Waals surface area contributed by atoms with Gasteiger partial charge in [0, 0.05) is 12.5 Å². The van der Waals surface area contributed by atoms with Crippen LogP contribution in [0.5, 0.6) is 5.75 Å². The predicted octanol–water partition coefficient (Wildman–Crippen LogP) is 3.74. The molecule has 0 bridgehead atoms. The van der Waals surface area contributed by atoms with Crippen LogP contribution in [0, 0.1) is 0 Å². The Hall–Kier alpha value is -3.06. The van der Waals surface area contributed by atoms with Crippen LogP contribution in [0.1, 0.15) is 36.9 Å². The average Bonchev–Trinajstić information content (AvgIpc) is 3.06. The van der Waals surface area contributed by atoms with Crippen molar-refractivity contribution in [3.05, 3.63) is 58.6 Å². The first-order chi connectivity index (χ1) is 14.5. The van der Waals surface area contributed by atoms with E-state index in [0.717, 1.165) is 29.7 Å². The van der Waals surface area contributed by atoms with Crippen molar-refractivity contribution in [3.8, 4) is 5.75 Å². The third-order valence-electron chi connectivity index (χ3n) is 5.02. The van der Waals surface area contributed by atoms with Gasteiger partial charge in [0.05, 0.1) is 30.5 Å². The summed E-state index contributed by atoms with van der Waals surface area (Å²) < 4.78 is 10.7. The Morgan fingerprint density at radius 1 is 1.20 bits per heavy atom. The molecule has 8 heteroatoms. The number of hydrogen-bond donors (Lipinski definition) is 1. The molecule has 0 radical (unpaired) electrons. The van der Waals surface area contributed by atoms with Crippen molar-refractivity contribution < 1.29 is 19.1 Å². The van der Waals surface area contributed by atoms with E-state index in [1.54, 1.807) is 6.07 Å². The molecule has 7 nitrogen and oxygen atoms in total. The van der Waals surface area contributed by atoms with E-state index in [1.165, 1.54) is 6.92 Å². The number of guanidine groups is 1. The van der Waals surface area contributed by atoms with Crippen LogP contribution in [0.25, 0.3) is 0 Å². The SMILES string of the molecule is CC(=O)OCCCCOc1ccc2c(c1Cl)CN1C(=N2)NC(=O)C1c1ccccc1. The standard InChI is InChI=1S/C22H22ClN3O4/c1-14(27)29-11-5-6-12-30-18-10-9-17-16(19(18)23)13-26-20(15-7-3-2-4-8-15)21(28)25-22(26)24-17/h2-4,7-10,20H,5-6,11-13H2,1H3,(H,24,25,28). The van der Waals surface area contributed by atoms with Crippen LogP contribution in [-0.4, -0.2) is 35.9 Å². The number of fused-ring (bicyclic) bond motifs is 2. The third kappa shape index (κ3) is 4.11. The molecule has 2 heterocycles. The van der Waals surface area contributed by atoms with Crippen LogP contribution in [0.15, 0.2) is 47.5 Å². The molecular weight excluding hydrogens is 406 g/mol. The first-order valence-corrected chi connectivity index (χ1v) is 10.2. The second kappa shape index (κ2) is 8.75. The monoisotopic (exact) mass is 427 g/mol. The number of nitrogens with one attached hydrogen (secondary N) is 1. The lowest BCUT2D eigenvalue weighted by Gasteiger charge is -2.29. The minimum absolute atomic E-state index is 0.104. The molecule has 1 saturated heterocycles. The molecule has 2 aromatic rings. The number of carbonyl (C=O) groups excluding carboxylic acids is 2. The van der Waals surface area contributed by atoms with E-state index in [1.807, 2.05) is 41.3 Å². The normalized spacial score (nSPS) is 17.0. The second-order valence-electron chi connectivity index (χ2n) is 7.14. The van der Waals surface area contributed by atoms with Gasteiger partial charge in [-0.2, -0.15) is 0 Å². The van der Waals surface area contributed by atoms with E-state index >= 15 is 0 Å². The van der Waals surface area contributed by atoms with Crippen LogP contribution >= 0.6 is 11.6 Å². The number of carbonyl (C=O) groups is 2. The van der Waals surface area contributed by atoms with Crippen molar-refractivity contribution in [2.45, 2.75) is 32.4 Å². The Bertz CT molecular complexity index is 993. The molecule has 2 aromatic carbocycles. The number of rotatable bonds is 7. The van der Waals surface area contributed by atoms with Gasteiger partial charge in [0.15, 0.2) is 0 Å². The Morgan fingerprint density at radius 3 is 2.73 bits per heavy atom. The number of halogens is 1. The van der Waals surface area contributed by atoms with Gasteiger partial charge in [0.25, 0.3) is 5.91 Å². The molecule has 2 aliphatic heterocycles. The summed E-state index contributed by atoms with van der Waals surface area (Å²) in [6.07, 6.45) is 1.46. The third-order valence-corrected chi connectivity index (χ3v) is 5.44. The van der Waals surface area contributed by atoms with Crippen LogP contribution in [0.2, 0.25) is 5.02 Å². The van der Waals surface area contributed by atoms with Crippen molar-refractivity contribution in [2.75, 3.05) is 13.2 Å². The summed E-state index contributed by atoms with van der Waals surface area (Å²) in [7, 11) is 0. The number of esters is 1. The quantitative estimate of drug-likeness (QED) is 0.538. The maximum atomic E-state index is 12.6. The number of aliphatic imine (C=N–C) groups is 1. The zero-order chi connectivity index (χ0) is 21.1. The van der Waals surface area contributed by atoms with Gasteiger partial charge in [0.2, 0.25) is 5.96 Å². The minimum atomic E-state index is -0.444. The summed E-state index contributed by atoms with van der Waals surface area (Å²) in [4.78, 5) is 29.9. The van der Waals surface area contributed by atoms with Gasteiger partial charge in [-0.15, -0.1) is 0 Å². The van der Waals surface area contributed by atoms with E-state index in [0.29, 0.717) is 36.5 Å². The van der Waals surface area contributed by atoms with E-state index in [-0.39, 0.29) is 11.9 Å². The van der Waals surface area contributed by atoms with Crippen LogP contribution in [-0.2, 0) is 20.9 Å². The molecule has 1 N–H and O–H groups in total. The highest BCUT2D eigenvalue weighted by molar-refractivity contribution is 6.33. The van der Waals surface area contributed by atoms with E-state index in [2.05, 4.69) is 10.3 Å². The molecular formula is C22H22ClN3O4. The zero-order valence-electron chi connectivity index (χ0n) is 16.6. The van der Waals surface area contributed by atoms with Crippen molar-refractivity contribution in [2.24, 2.45) is 4.99 Å². The molecule has 1 fully saturated rings. The van der Waals surface area contributed by atoms with Gasteiger partial charge >= 0.3 is 5.97 Å². The fraction of sp³-hybridized carbons (Fsp3) is 0.318. The summed E-state index contributed by atoms with van der Waals surface area (Å²) in [5, 5.41) is 3.37. The van der Waals surface area contributed by atoms with Crippen molar-refractivity contribution in [3.63, 3.8) is 0 Å². The van der Waals surface area contributed by atoms with E-state index in [9.17, 15) is 9.59 Å². The highest BCUT2D eigenvalue weighted by atomic mass is 35.5. The summed E-state index contributed by atoms with van der Waals surface area (Å²) in [6.45, 7) is 2.69. The average molecular weight is 428 g/mol. The zero-order valence-corrected chi connectivity index (χ0v) is 17.3. The van der Waals surface area contributed by atoms with E-state index in [4.69, 9.17) is 21.1 Å². The predicted molar refractivity (Wildman–Crippen MR) is 113 cm³/mol. The lowest BCUT2D eigenvalue weighted by Crippen LogP contribution is -2.33. The van der Waals surface area contributed by atoms with Gasteiger partial charge in [-0.3, -0.25) is 14.9 Å². The molecule has 4 rings (SSSR count). The van der Waals surface area contributed by atoms with Crippen molar-refractivity contribution in [1.82, 2.24) is 10.2 Å². The van der Waals surface area contributed by atoms with Gasteiger partial charge in [0.1, 0.15) is 11.8 Å². The Morgan fingerprint density at radius 2 is 1.97 bits per heavy atom. The molecule has 1 amide bonds. The van der Waals surface area contributed by atoms with Crippen LogP contribution < -0.4 is 10.1 Å². The first-order valence-electron chi connectivity index (χ1n) is 9.83. The maximum absolute atomic E-state index is 12.6. The van der Waals surface area contributed by atoms with Crippen LogP contribution in [0.4, 0.5) is 5.69 Å². The smallest absolute Gasteiger partial charge is 0.302 e. The van der Waals surface area contributed by atoms with Gasteiger partial charge in [-0.1, -0.05) is 41.9 Å². The minimum Gasteiger partial charge on any atom is -0.492 e. The lowest BCUT2D eigenvalue weighted by atomic mass is 10.0. The Labute approximate surface area is 179 Å². The number of amides is 1. The summed E-state index contributed by atoms with van der Waals surface area (Å²) in [5.74, 6) is 0.734. The van der Waals surface area contributed by atoms with E-state index < -0.39 is 6.04 Å². The Kier molecular flexibility index (Phi) is 5.90. The summed E-state index contributed by atoms with van der Waals surface area (Å²) in [5.41, 5.74) is 2.46.